The van der Waals surface area contributed by atoms with Crippen molar-refractivity contribution in [1.29, 1.82) is 0 Å². The van der Waals surface area contributed by atoms with E-state index in [1.807, 2.05) is 19.1 Å². The Morgan fingerprint density at radius 3 is 2.22 bits per heavy atom. The van der Waals surface area contributed by atoms with Crippen LogP contribution in [0.2, 0.25) is 5.02 Å². The molecule has 2 fully saturated rings. The Balaban J connectivity index is 1.78. The highest BCUT2D eigenvalue weighted by Crippen LogP contribution is 2.64. The third-order valence-electron chi connectivity index (χ3n) is 4.77. The molecule has 0 N–H and O–H groups in total. The summed E-state index contributed by atoms with van der Waals surface area (Å²) >= 11 is 12.3. The maximum atomic E-state index is 13.0. The van der Waals surface area contributed by atoms with Crippen molar-refractivity contribution < 1.29 is 9.59 Å². The molecule has 2 aromatic carbocycles. The number of benzene rings is 2. The molecule has 0 aromatic heterocycles. The molecule has 1 heterocycles. The van der Waals surface area contributed by atoms with Gasteiger partial charge in [-0.3, -0.25) is 9.59 Å². The smallest absolute Gasteiger partial charge is 0.246 e. The van der Waals surface area contributed by atoms with Gasteiger partial charge in [0.05, 0.1) is 17.0 Å². The number of imide groups is 1. The molecule has 2 aliphatic rings. The SMILES string of the molecule is Cc1ccc(N2C(=O)C3C(Cl)C3(c3ccc(Cl)cc3)C2=O)cc1. The van der Waals surface area contributed by atoms with Gasteiger partial charge in [0.2, 0.25) is 11.8 Å². The highest BCUT2D eigenvalue weighted by Gasteiger charge is 2.80. The van der Waals surface area contributed by atoms with Crippen molar-refractivity contribution in [3.05, 3.63) is 64.7 Å². The van der Waals surface area contributed by atoms with Crippen LogP contribution in [0.1, 0.15) is 11.1 Å². The summed E-state index contributed by atoms with van der Waals surface area (Å²) in [6.45, 7) is 1.96. The van der Waals surface area contributed by atoms with Crippen LogP contribution >= 0.6 is 23.2 Å². The number of nitrogens with zero attached hydrogens (tertiary/aromatic N) is 1. The minimum absolute atomic E-state index is 0.228. The van der Waals surface area contributed by atoms with Gasteiger partial charge in [-0.1, -0.05) is 41.4 Å². The molecule has 3 nitrogen and oxygen atoms in total. The van der Waals surface area contributed by atoms with E-state index in [2.05, 4.69) is 0 Å². The van der Waals surface area contributed by atoms with E-state index < -0.39 is 16.7 Å². The first kappa shape index (κ1) is 14.7. The molecule has 23 heavy (non-hydrogen) atoms. The second kappa shape index (κ2) is 4.83. The minimum Gasteiger partial charge on any atom is -0.274 e. The molecule has 1 saturated heterocycles. The molecule has 0 radical (unpaired) electrons. The minimum atomic E-state index is -0.950. The summed E-state index contributed by atoms with van der Waals surface area (Å²) in [5.41, 5.74) is 1.46. The highest BCUT2D eigenvalue weighted by molar-refractivity contribution is 6.40. The summed E-state index contributed by atoms with van der Waals surface area (Å²) in [4.78, 5) is 27.0. The Morgan fingerprint density at radius 2 is 1.61 bits per heavy atom. The number of carbonyl (C=O) groups excluding carboxylic acids is 2. The van der Waals surface area contributed by atoms with Gasteiger partial charge in [0.1, 0.15) is 5.41 Å². The predicted molar refractivity (Wildman–Crippen MR) is 89.9 cm³/mol. The Kier molecular flexibility index (Phi) is 3.09. The number of amides is 2. The normalized spacial score (nSPS) is 28.9. The van der Waals surface area contributed by atoms with Gasteiger partial charge in [-0.25, -0.2) is 4.90 Å². The Labute approximate surface area is 143 Å². The first-order valence-electron chi connectivity index (χ1n) is 7.33. The number of piperidine rings is 1. The number of rotatable bonds is 2. The quantitative estimate of drug-likeness (QED) is 0.614. The van der Waals surface area contributed by atoms with E-state index >= 15 is 0 Å². The van der Waals surface area contributed by atoms with Crippen LogP contribution in [-0.2, 0) is 15.0 Å². The number of aryl methyl sites for hydroxylation is 1. The zero-order valence-electron chi connectivity index (χ0n) is 12.3. The summed E-state index contributed by atoms with van der Waals surface area (Å²) in [7, 11) is 0. The van der Waals surface area contributed by atoms with Crippen LogP contribution in [0.25, 0.3) is 0 Å². The van der Waals surface area contributed by atoms with Crippen LogP contribution in [0.15, 0.2) is 48.5 Å². The first-order valence-corrected chi connectivity index (χ1v) is 8.14. The maximum Gasteiger partial charge on any atom is 0.246 e. The second-order valence-corrected chi connectivity index (χ2v) is 6.98. The lowest BCUT2D eigenvalue weighted by molar-refractivity contribution is -0.123. The summed E-state index contributed by atoms with van der Waals surface area (Å²) < 4.78 is 0. The zero-order valence-corrected chi connectivity index (χ0v) is 13.8. The zero-order chi connectivity index (χ0) is 16.4. The molecule has 3 unspecified atom stereocenters. The maximum absolute atomic E-state index is 13.0. The van der Waals surface area contributed by atoms with Crippen molar-refractivity contribution in [3.63, 3.8) is 0 Å². The molecule has 3 atom stereocenters. The number of fused-ring (bicyclic) bond motifs is 1. The molecule has 2 amide bonds. The molecule has 1 saturated carbocycles. The number of halogens is 2. The largest absolute Gasteiger partial charge is 0.274 e. The number of anilines is 1. The fourth-order valence-electron chi connectivity index (χ4n) is 3.47. The molecule has 5 heteroatoms. The van der Waals surface area contributed by atoms with E-state index in [-0.39, 0.29) is 11.8 Å². The van der Waals surface area contributed by atoms with Crippen LogP contribution < -0.4 is 4.90 Å². The van der Waals surface area contributed by atoms with Gasteiger partial charge in [0, 0.05) is 5.02 Å². The molecule has 0 bridgehead atoms. The summed E-state index contributed by atoms with van der Waals surface area (Å²) in [6.07, 6.45) is 0. The molecule has 4 rings (SSSR count). The van der Waals surface area contributed by atoms with Crippen LogP contribution in [0.5, 0.6) is 0 Å². The summed E-state index contributed by atoms with van der Waals surface area (Å²) in [6, 6.07) is 14.3. The lowest BCUT2D eigenvalue weighted by Crippen LogP contribution is -2.39. The van der Waals surface area contributed by atoms with E-state index in [1.54, 1.807) is 36.4 Å². The Bertz CT molecular complexity index is 816. The van der Waals surface area contributed by atoms with Crippen LogP contribution in [0.3, 0.4) is 0 Å². The lowest BCUT2D eigenvalue weighted by atomic mass is 9.94. The molecule has 116 valence electrons. The number of alkyl halides is 1. The Morgan fingerprint density at radius 1 is 1.00 bits per heavy atom. The standard InChI is InChI=1S/C18H13Cl2NO2/c1-10-2-8-13(9-3-10)21-16(22)14-15(20)18(14,17(21)23)11-4-6-12(19)7-5-11/h2-9,14-15H,1H3. The first-order chi connectivity index (χ1) is 11.0. The van der Waals surface area contributed by atoms with Crippen molar-refractivity contribution >= 4 is 40.7 Å². The lowest BCUT2D eigenvalue weighted by Gasteiger charge is -2.21. The van der Waals surface area contributed by atoms with Gasteiger partial charge >= 0.3 is 0 Å². The highest BCUT2D eigenvalue weighted by atomic mass is 35.5. The van der Waals surface area contributed by atoms with Crippen molar-refractivity contribution in [2.45, 2.75) is 17.7 Å². The van der Waals surface area contributed by atoms with Crippen molar-refractivity contribution in [2.24, 2.45) is 5.92 Å². The number of carbonyl (C=O) groups is 2. The molecule has 1 aliphatic heterocycles. The fourth-order valence-corrected chi connectivity index (χ4v) is 4.18. The van der Waals surface area contributed by atoms with Gasteiger partial charge in [-0.15, -0.1) is 11.6 Å². The van der Waals surface area contributed by atoms with Gasteiger partial charge in [0.15, 0.2) is 0 Å². The number of hydrogen-bond acceptors (Lipinski definition) is 2. The molecular formula is C18H13Cl2NO2. The third-order valence-corrected chi connectivity index (χ3v) is 5.61. The summed E-state index contributed by atoms with van der Waals surface area (Å²) in [5.74, 6) is -0.980. The predicted octanol–water partition coefficient (Wildman–Crippen LogP) is 3.70. The molecule has 2 aromatic rings. The number of hydrogen-bond donors (Lipinski definition) is 0. The third kappa shape index (κ3) is 1.84. The van der Waals surface area contributed by atoms with Gasteiger partial charge < -0.3 is 0 Å². The van der Waals surface area contributed by atoms with E-state index in [4.69, 9.17) is 23.2 Å². The van der Waals surface area contributed by atoms with Crippen molar-refractivity contribution in [1.82, 2.24) is 0 Å². The molecule has 1 aliphatic carbocycles. The van der Waals surface area contributed by atoms with Crippen molar-refractivity contribution in [3.8, 4) is 0 Å². The van der Waals surface area contributed by atoms with E-state index in [9.17, 15) is 9.59 Å². The van der Waals surface area contributed by atoms with E-state index in [0.717, 1.165) is 11.1 Å². The van der Waals surface area contributed by atoms with E-state index in [1.165, 1.54) is 4.90 Å². The fraction of sp³-hybridized carbons (Fsp3) is 0.222. The van der Waals surface area contributed by atoms with Gasteiger partial charge in [-0.2, -0.15) is 0 Å². The van der Waals surface area contributed by atoms with E-state index in [0.29, 0.717) is 10.7 Å². The Hall–Kier alpha value is -1.84. The molecular weight excluding hydrogens is 333 g/mol. The van der Waals surface area contributed by atoms with Crippen LogP contribution in [0.4, 0.5) is 5.69 Å². The van der Waals surface area contributed by atoms with Crippen LogP contribution in [-0.4, -0.2) is 17.2 Å². The van der Waals surface area contributed by atoms with Gasteiger partial charge in [-0.05, 0) is 36.8 Å². The topological polar surface area (TPSA) is 37.4 Å². The van der Waals surface area contributed by atoms with Gasteiger partial charge in [0.25, 0.3) is 0 Å². The second-order valence-electron chi connectivity index (χ2n) is 6.07. The van der Waals surface area contributed by atoms with Crippen molar-refractivity contribution in [2.75, 3.05) is 4.90 Å². The molecule has 0 spiro atoms. The monoisotopic (exact) mass is 345 g/mol. The van der Waals surface area contributed by atoms with Crippen LogP contribution in [0, 0.1) is 12.8 Å². The average molecular weight is 346 g/mol. The summed E-state index contributed by atoms with van der Waals surface area (Å²) in [5, 5.41) is 0.0889. The average Bonchev–Trinajstić information content (AvgIpc) is 3.08.